The van der Waals surface area contributed by atoms with Crippen molar-refractivity contribution >= 4 is 23.0 Å². The molecule has 0 aliphatic carbocycles. The van der Waals surface area contributed by atoms with Crippen molar-refractivity contribution in [1.29, 1.82) is 0 Å². The number of rotatable bonds is 4. The molecule has 0 unspecified atom stereocenters. The molecule has 0 bridgehead atoms. The number of hydrogen-bond acceptors (Lipinski definition) is 5. The van der Waals surface area contributed by atoms with Gasteiger partial charge in [-0.25, -0.2) is 9.20 Å². The molecular formula is C19H20N6O3. The fourth-order valence-corrected chi connectivity index (χ4v) is 3.40. The van der Waals surface area contributed by atoms with Gasteiger partial charge in [0.05, 0.1) is 6.20 Å². The predicted octanol–water partition coefficient (Wildman–Crippen LogP) is 1.07. The lowest BCUT2D eigenvalue weighted by Gasteiger charge is -2.18. The molecule has 1 aliphatic rings. The first kappa shape index (κ1) is 17.9. The van der Waals surface area contributed by atoms with E-state index < -0.39 is 11.5 Å². The summed E-state index contributed by atoms with van der Waals surface area (Å²) in [5.74, 6) is -0.414. The van der Waals surface area contributed by atoms with Gasteiger partial charge in [-0.05, 0) is 43.5 Å². The van der Waals surface area contributed by atoms with Crippen molar-refractivity contribution < 1.29 is 9.59 Å². The molecule has 1 fully saturated rings. The van der Waals surface area contributed by atoms with Crippen molar-refractivity contribution in [2.45, 2.75) is 26.3 Å². The molecule has 0 spiro atoms. The highest BCUT2D eigenvalue weighted by Gasteiger charge is 2.22. The maximum Gasteiger partial charge on any atom is 0.293 e. The Labute approximate surface area is 160 Å². The van der Waals surface area contributed by atoms with E-state index in [9.17, 15) is 14.4 Å². The van der Waals surface area contributed by atoms with Gasteiger partial charge < -0.3 is 10.2 Å². The lowest BCUT2D eigenvalue weighted by Crippen LogP contribution is -2.31. The number of benzene rings is 1. The third-order valence-corrected chi connectivity index (χ3v) is 4.95. The highest BCUT2D eigenvalue weighted by atomic mass is 16.2. The first-order valence-corrected chi connectivity index (χ1v) is 9.13. The molecule has 0 radical (unpaired) electrons. The van der Waals surface area contributed by atoms with Crippen molar-refractivity contribution in [3.63, 3.8) is 0 Å². The van der Waals surface area contributed by atoms with E-state index >= 15 is 0 Å². The minimum absolute atomic E-state index is 0.0184. The van der Waals surface area contributed by atoms with Gasteiger partial charge in [-0.1, -0.05) is 6.07 Å². The largest absolute Gasteiger partial charge is 0.339 e. The van der Waals surface area contributed by atoms with Crippen LogP contribution >= 0.6 is 0 Å². The normalized spacial score (nSPS) is 13.8. The van der Waals surface area contributed by atoms with Gasteiger partial charge in [0.1, 0.15) is 18.4 Å². The lowest BCUT2D eigenvalue weighted by atomic mass is 10.1. The Kier molecular flexibility index (Phi) is 4.64. The molecule has 1 saturated heterocycles. The molecule has 2 amide bonds. The molecule has 3 heterocycles. The first-order chi connectivity index (χ1) is 13.5. The molecule has 28 heavy (non-hydrogen) atoms. The van der Waals surface area contributed by atoms with Crippen LogP contribution in [-0.4, -0.2) is 49.2 Å². The Bertz CT molecular complexity index is 1110. The zero-order chi connectivity index (χ0) is 19.7. The number of nitrogens with one attached hydrogen (secondary N) is 1. The molecule has 144 valence electrons. The Balaban J connectivity index is 1.52. The third kappa shape index (κ3) is 3.26. The quantitative estimate of drug-likeness (QED) is 0.730. The smallest absolute Gasteiger partial charge is 0.293 e. The Morgan fingerprint density at radius 3 is 2.71 bits per heavy atom. The van der Waals surface area contributed by atoms with Crippen LogP contribution in [0.5, 0.6) is 0 Å². The molecule has 1 aliphatic heterocycles. The summed E-state index contributed by atoms with van der Waals surface area (Å²) in [5, 5.41) is 10.7. The number of carbonyl (C=O) groups is 2. The second-order valence-electron chi connectivity index (χ2n) is 6.78. The number of fused-ring (bicyclic) bond motifs is 1. The predicted molar refractivity (Wildman–Crippen MR) is 102 cm³/mol. The van der Waals surface area contributed by atoms with E-state index in [4.69, 9.17) is 0 Å². The number of aromatic nitrogens is 4. The molecule has 9 nitrogen and oxygen atoms in total. The average Bonchev–Trinajstić information content (AvgIpc) is 3.37. The highest BCUT2D eigenvalue weighted by Crippen LogP contribution is 2.22. The Morgan fingerprint density at radius 1 is 1.14 bits per heavy atom. The third-order valence-electron chi connectivity index (χ3n) is 4.95. The Morgan fingerprint density at radius 2 is 1.93 bits per heavy atom. The standard InChI is InChI=1S/C19H20N6O3/c1-13-14(18(27)23-9-2-3-10-23)5-4-6-15(13)22-17(26)11-24-19(28)16-7-8-20-25(16)12-21-24/h4-8,12H,2-3,9-11H2,1H3,(H,22,26). The SMILES string of the molecule is Cc1c(NC(=O)Cn2ncn3nccc3c2=O)cccc1C(=O)N1CCCC1. The number of anilines is 1. The first-order valence-electron chi connectivity index (χ1n) is 9.13. The minimum Gasteiger partial charge on any atom is -0.339 e. The van der Waals surface area contributed by atoms with E-state index in [1.165, 1.54) is 17.0 Å². The zero-order valence-corrected chi connectivity index (χ0v) is 15.5. The molecule has 4 rings (SSSR count). The van der Waals surface area contributed by atoms with Crippen molar-refractivity contribution in [1.82, 2.24) is 24.3 Å². The number of hydrogen-bond donors (Lipinski definition) is 1. The van der Waals surface area contributed by atoms with Gasteiger partial charge in [-0.2, -0.15) is 10.2 Å². The molecule has 0 atom stereocenters. The van der Waals surface area contributed by atoms with Gasteiger partial charge in [0, 0.05) is 24.3 Å². The number of amides is 2. The summed E-state index contributed by atoms with van der Waals surface area (Å²) in [6.45, 7) is 3.10. The number of carbonyl (C=O) groups excluding carboxylic acids is 2. The summed E-state index contributed by atoms with van der Waals surface area (Å²) in [6.07, 6.45) is 4.91. The summed E-state index contributed by atoms with van der Waals surface area (Å²) in [7, 11) is 0. The second kappa shape index (κ2) is 7.26. The highest BCUT2D eigenvalue weighted by molar-refractivity contribution is 5.99. The van der Waals surface area contributed by atoms with Gasteiger partial charge in [-0.15, -0.1) is 0 Å². The summed E-state index contributed by atoms with van der Waals surface area (Å²) < 4.78 is 2.44. The van der Waals surface area contributed by atoms with Crippen molar-refractivity contribution in [3.05, 3.63) is 58.3 Å². The summed E-state index contributed by atoms with van der Waals surface area (Å²) in [6, 6.07) is 6.82. The average molecular weight is 380 g/mol. The molecule has 2 aromatic heterocycles. The van der Waals surface area contributed by atoms with E-state index in [0.29, 0.717) is 22.3 Å². The molecule has 0 saturated carbocycles. The van der Waals surface area contributed by atoms with Crippen molar-refractivity contribution in [2.24, 2.45) is 0 Å². The Hall–Kier alpha value is -3.49. The van der Waals surface area contributed by atoms with Crippen LogP contribution in [0.2, 0.25) is 0 Å². The van der Waals surface area contributed by atoms with Gasteiger partial charge >= 0.3 is 0 Å². The van der Waals surface area contributed by atoms with Crippen LogP contribution in [-0.2, 0) is 11.3 Å². The van der Waals surface area contributed by atoms with E-state index in [-0.39, 0.29) is 12.5 Å². The summed E-state index contributed by atoms with van der Waals surface area (Å²) in [5.41, 5.74) is 1.78. The van der Waals surface area contributed by atoms with Gasteiger partial charge in [0.25, 0.3) is 11.5 Å². The number of likely N-dealkylation sites (tertiary alicyclic amines) is 1. The summed E-state index contributed by atoms with van der Waals surface area (Å²) in [4.78, 5) is 39.3. The topological polar surface area (TPSA) is 102 Å². The van der Waals surface area contributed by atoms with Crippen LogP contribution in [0, 0.1) is 6.92 Å². The van der Waals surface area contributed by atoms with Gasteiger partial charge in [0.2, 0.25) is 5.91 Å². The van der Waals surface area contributed by atoms with Crippen LogP contribution in [0.4, 0.5) is 5.69 Å². The van der Waals surface area contributed by atoms with E-state index in [2.05, 4.69) is 15.5 Å². The van der Waals surface area contributed by atoms with Crippen molar-refractivity contribution in [2.75, 3.05) is 18.4 Å². The molecule has 1 N–H and O–H groups in total. The maximum absolute atomic E-state index is 12.7. The summed E-state index contributed by atoms with van der Waals surface area (Å²) >= 11 is 0. The van der Waals surface area contributed by atoms with Gasteiger partial charge in [0.15, 0.2) is 0 Å². The van der Waals surface area contributed by atoms with Crippen LogP contribution in [0.15, 0.2) is 41.6 Å². The van der Waals surface area contributed by atoms with Crippen LogP contribution < -0.4 is 10.9 Å². The lowest BCUT2D eigenvalue weighted by molar-refractivity contribution is -0.117. The fraction of sp³-hybridized carbons (Fsp3) is 0.316. The second-order valence-corrected chi connectivity index (χ2v) is 6.78. The molecule has 9 heteroatoms. The van der Waals surface area contributed by atoms with Crippen molar-refractivity contribution in [3.8, 4) is 0 Å². The monoisotopic (exact) mass is 380 g/mol. The molecular weight excluding hydrogens is 360 g/mol. The molecule has 3 aromatic rings. The van der Waals surface area contributed by atoms with Crippen LogP contribution in [0.25, 0.3) is 5.52 Å². The van der Waals surface area contributed by atoms with E-state index in [1.54, 1.807) is 24.3 Å². The molecule has 1 aromatic carbocycles. The maximum atomic E-state index is 12.7. The van der Waals surface area contributed by atoms with Crippen LogP contribution in [0.3, 0.4) is 0 Å². The van der Waals surface area contributed by atoms with E-state index in [1.807, 2.05) is 11.8 Å². The van der Waals surface area contributed by atoms with Crippen LogP contribution in [0.1, 0.15) is 28.8 Å². The number of nitrogens with zero attached hydrogens (tertiary/aromatic N) is 5. The van der Waals surface area contributed by atoms with Gasteiger partial charge in [-0.3, -0.25) is 14.4 Å². The zero-order valence-electron chi connectivity index (χ0n) is 15.5. The van der Waals surface area contributed by atoms with E-state index in [0.717, 1.165) is 30.6 Å². The fourth-order valence-electron chi connectivity index (χ4n) is 3.40. The minimum atomic E-state index is -0.398.